The Labute approximate surface area is 113 Å². The summed E-state index contributed by atoms with van der Waals surface area (Å²) in [4.78, 5) is 3.30. The van der Waals surface area contributed by atoms with Crippen LogP contribution in [0.5, 0.6) is 0 Å². The molecule has 0 atom stereocenters. The average Bonchev–Trinajstić information content (AvgIpc) is 2.81. The molecule has 1 aromatic heterocycles. The Morgan fingerprint density at radius 1 is 0.895 bits per heavy atom. The van der Waals surface area contributed by atoms with E-state index in [4.69, 9.17) is 0 Å². The Hall–Kier alpha value is -2.28. The van der Waals surface area contributed by atoms with Gasteiger partial charge in [-0.05, 0) is 36.6 Å². The van der Waals surface area contributed by atoms with E-state index in [1.54, 1.807) is 0 Å². The van der Waals surface area contributed by atoms with Crippen molar-refractivity contribution in [2.45, 2.75) is 13.8 Å². The maximum atomic E-state index is 3.30. The van der Waals surface area contributed by atoms with Gasteiger partial charge in [-0.1, -0.05) is 54.1 Å². The van der Waals surface area contributed by atoms with Crippen molar-refractivity contribution in [3.63, 3.8) is 0 Å². The summed E-state index contributed by atoms with van der Waals surface area (Å²) < 4.78 is 0. The molecule has 0 aliphatic rings. The molecule has 0 fully saturated rings. The molecule has 0 radical (unpaired) electrons. The topological polar surface area (TPSA) is 15.8 Å². The van der Waals surface area contributed by atoms with Crippen molar-refractivity contribution >= 4 is 23.1 Å². The number of hydrogen-bond donors (Lipinski definition) is 1. The molecule has 0 aliphatic heterocycles. The molecule has 0 amide bonds. The van der Waals surface area contributed by atoms with Gasteiger partial charge in [0.25, 0.3) is 0 Å². The van der Waals surface area contributed by atoms with Crippen LogP contribution in [0.1, 0.15) is 22.3 Å². The number of rotatable bonds is 2. The number of H-pyrrole nitrogens is 1. The number of hydrogen-bond acceptors (Lipinski definition) is 0. The molecule has 1 heteroatoms. The second-order valence-corrected chi connectivity index (χ2v) is 4.98. The summed E-state index contributed by atoms with van der Waals surface area (Å²) in [7, 11) is 0. The summed E-state index contributed by atoms with van der Waals surface area (Å²) in [6.07, 6.45) is 6.42. The maximum Gasteiger partial charge on any atom is 0.0460 e. The molecule has 3 rings (SSSR count). The van der Waals surface area contributed by atoms with Gasteiger partial charge in [-0.2, -0.15) is 0 Å². The summed E-state index contributed by atoms with van der Waals surface area (Å²) in [6.45, 7) is 4.28. The molecule has 0 aliphatic carbocycles. The number of aryl methyl sites for hydroxylation is 2. The van der Waals surface area contributed by atoms with Gasteiger partial charge < -0.3 is 4.98 Å². The molecule has 94 valence electrons. The van der Waals surface area contributed by atoms with Gasteiger partial charge in [-0.3, -0.25) is 0 Å². The molecule has 0 spiro atoms. The van der Waals surface area contributed by atoms with Gasteiger partial charge in [0.2, 0.25) is 0 Å². The van der Waals surface area contributed by atoms with Crippen molar-refractivity contribution in [1.82, 2.24) is 4.98 Å². The first kappa shape index (κ1) is 11.8. The fourth-order valence-corrected chi connectivity index (χ4v) is 2.42. The Morgan fingerprint density at radius 2 is 1.68 bits per heavy atom. The van der Waals surface area contributed by atoms with Crippen LogP contribution in [0.15, 0.2) is 48.7 Å². The van der Waals surface area contributed by atoms with Crippen LogP contribution < -0.4 is 0 Å². The van der Waals surface area contributed by atoms with Crippen LogP contribution >= 0.6 is 0 Å². The van der Waals surface area contributed by atoms with Gasteiger partial charge in [0.1, 0.15) is 0 Å². The van der Waals surface area contributed by atoms with Crippen LogP contribution in [0, 0.1) is 13.8 Å². The second kappa shape index (κ2) is 4.77. The highest BCUT2D eigenvalue weighted by Gasteiger charge is 1.99. The fraction of sp³-hybridized carbons (Fsp3) is 0.111. The first-order valence-corrected chi connectivity index (χ1v) is 6.55. The van der Waals surface area contributed by atoms with E-state index < -0.39 is 0 Å². The molecule has 1 N–H and O–H groups in total. The van der Waals surface area contributed by atoms with Gasteiger partial charge in [0.15, 0.2) is 0 Å². The van der Waals surface area contributed by atoms with Crippen LogP contribution in [0.25, 0.3) is 23.1 Å². The van der Waals surface area contributed by atoms with Crippen LogP contribution in [-0.2, 0) is 0 Å². The third-order valence-electron chi connectivity index (χ3n) is 3.49. The standard InChI is InChI=1S/C18H17N/c1-13-7-8-15(14(2)11-13)9-10-16-12-19-18-6-4-3-5-17(16)18/h3-12,19H,1-2H3/b10-9+. The molecule has 3 aromatic rings. The van der Waals surface area contributed by atoms with Crippen molar-refractivity contribution < 1.29 is 0 Å². The lowest BCUT2D eigenvalue weighted by atomic mass is 10.0. The minimum Gasteiger partial charge on any atom is -0.361 e. The largest absolute Gasteiger partial charge is 0.361 e. The lowest BCUT2D eigenvalue weighted by Crippen LogP contribution is -1.81. The quantitative estimate of drug-likeness (QED) is 0.659. The van der Waals surface area contributed by atoms with Crippen molar-refractivity contribution in [3.8, 4) is 0 Å². The van der Waals surface area contributed by atoms with Crippen molar-refractivity contribution in [2.75, 3.05) is 0 Å². The SMILES string of the molecule is Cc1ccc(/C=C/c2c[nH]c3ccccc23)c(C)c1. The van der Waals surface area contributed by atoms with Crippen molar-refractivity contribution in [1.29, 1.82) is 0 Å². The van der Waals surface area contributed by atoms with Gasteiger partial charge >= 0.3 is 0 Å². The van der Waals surface area contributed by atoms with Gasteiger partial charge in [0.05, 0.1) is 0 Å². The molecule has 0 unspecified atom stereocenters. The first-order valence-electron chi connectivity index (χ1n) is 6.55. The van der Waals surface area contributed by atoms with E-state index in [-0.39, 0.29) is 0 Å². The van der Waals surface area contributed by atoms with E-state index in [2.05, 4.69) is 79.6 Å². The molecular formula is C18H17N. The summed E-state index contributed by atoms with van der Waals surface area (Å²) in [5.74, 6) is 0. The molecule has 1 heterocycles. The lowest BCUT2D eigenvalue weighted by Gasteiger charge is -2.01. The summed E-state index contributed by atoms with van der Waals surface area (Å²) in [5, 5.41) is 1.27. The number of aromatic amines is 1. The van der Waals surface area contributed by atoms with Gasteiger partial charge in [-0.15, -0.1) is 0 Å². The molecule has 1 nitrogen and oxygen atoms in total. The minimum atomic E-state index is 1.18. The summed E-state index contributed by atoms with van der Waals surface area (Å²) in [6, 6.07) is 14.9. The van der Waals surface area contributed by atoms with Crippen LogP contribution in [0.2, 0.25) is 0 Å². The Kier molecular flexibility index (Phi) is 2.96. The molecule has 0 saturated carbocycles. The highest BCUT2D eigenvalue weighted by atomic mass is 14.7. The highest BCUT2D eigenvalue weighted by Crippen LogP contribution is 2.21. The fourth-order valence-electron chi connectivity index (χ4n) is 2.42. The third-order valence-corrected chi connectivity index (χ3v) is 3.49. The number of benzene rings is 2. The minimum absolute atomic E-state index is 1.18. The van der Waals surface area contributed by atoms with E-state index in [0.29, 0.717) is 0 Å². The predicted octanol–water partition coefficient (Wildman–Crippen LogP) is 4.96. The van der Waals surface area contributed by atoms with Crippen molar-refractivity contribution in [2.24, 2.45) is 0 Å². The zero-order valence-electron chi connectivity index (χ0n) is 11.3. The predicted molar refractivity (Wildman–Crippen MR) is 83.1 cm³/mol. The molecule has 0 saturated heterocycles. The third kappa shape index (κ3) is 2.32. The van der Waals surface area contributed by atoms with Crippen LogP contribution in [0.4, 0.5) is 0 Å². The molecule has 0 bridgehead atoms. The Balaban J connectivity index is 1.98. The van der Waals surface area contributed by atoms with Crippen molar-refractivity contribution in [3.05, 3.63) is 70.9 Å². The van der Waals surface area contributed by atoms with Crippen LogP contribution in [-0.4, -0.2) is 4.98 Å². The Bertz CT molecular complexity index is 747. The Morgan fingerprint density at radius 3 is 2.53 bits per heavy atom. The molecular weight excluding hydrogens is 230 g/mol. The second-order valence-electron chi connectivity index (χ2n) is 4.98. The maximum absolute atomic E-state index is 3.30. The van der Waals surface area contributed by atoms with Crippen LogP contribution in [0.3, 0.4) is 0 Å². The van der Waals surface area contributed by atoms with E-state index in [9.17, 15) is 0 Å². The van der Waals surface area contributed by atoms with Gasteiger partial charge in [-0.25, -0.2) is 0 Å². The van der Waals surface area contributed by atoms with Gasteiger partial charge in [0, 0.05) is 17.1 Å². The summed E-state index contributed by atoms with van der Waals surface area (Å²) in [5.41, 5.74) is 6.31. The highest BCUT2D eigenvalue weighted by molar-refractivity contribution is 5.91. The first-order chi connectivity index (χ1) is 9.24. The zero-order valence-corrected chi connectivity index (χ0v) is 11.3. The van der Waals surface area contributed by atoms with E-state index in [1.165, 1.54) is 33.2 Å². The van der Waals surface area contributed by atoms with E-state index in [0.717, 1.165) is 0 Å². The molecule has 19 heavy (non-hydrogen) atoms. The lowest BCUT2D eigenvalue weighted by molar-refractivity contribution is 1.37. The normalized spacial score (nSPS) is 11.5. The molecule has 2 aromatic carbocycles. The number of nitrogens with one attached hydrogen (secondary N) is 1. The number of para-hydroxylation sites is 1. The zero-order chi connectivity index (χ0) is 13.2. The smallest absolute Gasteiger partial charge is 0.0460 e. The number of aromatic nitrogens is 1. The monoisotopic (exact) mass is 247 g/mol. The van der Waals surface area contributed by atoms with E-state index >= 15 is 0 Å². The average molecular weight is 247 g/mol. The number of fused-ring (bicyclic) bond motifs is 1. The summed E-state index contributed by atoms with van der Waals surface area (Å²) >= 11 is 0. The van der Waals surface area contributed by atoms with E-state index in [1.807, 2.05) is 0 Å².